The number of methoxy groups -OCH3 is 1. The number of benzene rings is 1. The Balaban J connectivity index is 1.79. The molecule has 0 saturated carbocycles. The molecule has 2 N–H and O–H groups in total. The Morgan fingerprint density at radius 3 is 2.95 bits per heavy atom. The van der Waals surface area contributed by atoms with Crippen LogP contribution in [0.25, 0.3) is 0 Å². The summed E-state index contributed by atoms with van der Waals surface area (Å²) < 4.78 is 5.25. The Bertz CT molecular complexity index is 588. The molecular formula is C15H19N3O3. The Hall–Kier alpha value is -2.24. The molecule has 2 fully saturated rings. The zero-order valence-electron chi connectivity index (χ0n) is 12.0. The lowest BCUT2D eigenvalue weighted by Crippen LogP contribution is -2.53. The summed E-state index contributed by atoms with van der Waals surface area (Å²) in [7, 11) is 1.53. The van der Waals surface area contributed by atoms with Crippen molar-refractivity contribution in [3.8, 4) is 5.75 Å². The second kappa shape index (κ2) is 5.27. The first-order chi connectivity index (χ1) is 10.1. The summed E-state index contributed by atoms with van der Waals surface area (Å²) in [5, 5.41) is 0. The van der Waals surface area contributed by atoms with Crippen molar-refractivity contribution in [1.29, 1.82) is 0 Å². The van der Waals surface area contributed by atoms with Crippen molar-refractivity contribution in [3.05, 3.63) is 23.8 Å². The minimum atomic E-state index is -0.0640. The van der Waals surface area contributed by atoms with E-state index in [0.717, 1.165) is 6.42 Å². The van der Waals surface area contributed by atoms with Crippen molar-refractivity contribution in [2.75, 3.05) is 32.5 Å². The van der Waals surface area contributed by atoms with Gasteiger partial charge in [0.1, 0.15) is 5.75 Å². The Morgan fingerprint density at radius 2 is 2.19 bits per heavy atom. The van der Waals surface area contributed by atoms with Crippen molar-refractivity contribution in [3.63, 3.8) is 0 Å². The fraction of sp³-hybridized carbons (Fsp3) is 0.467. The van der Waals surface area contributed by atoms with E-state index in [9.17, 15) is 9.59 Å². The van der Waals surface area contributed by atoms with Crippen LogP contribution in [0.3, 0.4) is 0 Å². The molecule has 21 heavy (non-hydrogen) atoms. The molecule has 3 rings (SSSR count). The summed E-state index contributed by atoms with van der Waals surface area (Å²) in [6.07, 6.45) is 1.43. The molecule has 0 spiro atoms. The smallest absolute Gasteiger partial charge is 0.257 e. The molecule has 2 amide bonds. The number of carbonyl (C=O) groups is 2. The molecule has 112 valence electrons. The number of anilines is 1. The van der Waals surface area contributed by atoms with Gasteiger partial charge >= 0.3 is 0 Å². The van der Waals surface area contributed by atoms with Crippen LogP contribution in [0.5, 0.6) is 5.75 Å². The molecule has 6 heteroatoms. The highest BCUT2D eigenvalue weighted by molar-refractivity contribution is 5.97. The molecule has 2 aliphatic rings. The summed E-state index contributed by atoms with van der Waals surface area (Å²) in [4.78, 5) is 28.0. The number of nitrogens with zero attached hydrogens (tertiary/aromatic N) is 2. The molecule has 2 aliphatic heterocycles. The average Bonchev–Trinajstić information content (AvgIpc) is 2.87. The van der Waals surface area contributed by atoms with Crippen LogP contribution >= 0.6 is 0 Å². The highest BCUT2D eigenvalue weighted by atomic mass is 16.5. The van der Waals surface area contributed by atoms with E-state index in [0.29, 0.717) is 43.1 Å². The molecule has 1 unspecified atom stereocenters. The van der Waals surface area contributed by atoms with E-state index >= 15 is 0 Å². The first kappa shape index (κ1) is 13.7. The first-order valence-electron chi connectivity index (χ1n) is 7.12. The number of amides is 2. The number of rotatable bonds is 2. The third kappa shape index (κ3) is 2.41. The normalized spacial score (nSPS) is 21.4. The van der Waals surface area contributed by atoms with Crippen LogP contribution in [0, 0.1) is 0 Å². The van der Waals surface area contributed by atoms with Crippen LogP contribution in [0.1, 0.15) is 23.2 Å². The van der Waals surface area contributed by atoms with Gasteiger partial charge in [-0.05, 0) is 18.6 Å². The van der Waals surface area contributed by atoms with Crippen LogP contribution in [0.2, 0.25) is 0 Å². The maximum absolute atomic E-state index is 12.7. The van der Waals surface area contributed by atoms with Crippen LogP contribution in [-0.2, 0) is 4.79 Å². The second-order valence-corrected chi connectivity index (χ2v) is 5.49. The fourth-order valence-corrected chi connectivity index (χ4v) is 3.10. The molecule has 2 saturated heterocycles. The Kier molecular flexibility index (Phi) is 3.45. The predicted molar refractivity (Wildman–Crippen MR) is 78.0 cm³/mol. The highest BCUT2D eigenvalue weighted by Gasteiger charge is 2.37. The van der Waals surface area contributed by atoms with Crippen molar-refractivity contribution in [1.82, 2.24) is 9.80 Å². The van der Waals surface area contributed by atoms with E-state index in [4.69, 9.17) is 10.5 Å². The summed E-state index contributed by atoms with van der Waals surface area (Å²) in [6.45, 7) is 1.78. The van der Waals surface area contributed by atoms with Gasteiger partial charge in [-0.1, -0.05) is 0 Å². The van der Waals surface area contributed by atoms with Gasteiger partial charge in [0, 0.05) is 43.9 Å². The lowest BCUT2D eigenvalue weighted by molar-refractivity contribution is -0.130. The second-order valence-electron chi connectivity index (χ2n) is 5.49. The van der Waals surface area contributed by atoms with Crippen LogP contribution in [-0.4, -0.2) is 54.4 Å². The minimum Gasteiger partial charge on any atom is -0.496 e. The van der Waals surface area contributed by atoms with Gasteiger partial charge in [-0.2, -0.15) is 0 Å². The largest absolute Gasteiger partial charge is 0.496 e. The van der Waals surface area contributed by atoms with Gasteiger partial charge in [-0.15, -0.1) is 0 Å². The van der Waals surface area contributed by atoms with Gasteiger partial charge in [0.25, 0.3) is 5.91 Å². The molecule has 1 atom stereocenters. The summed E-state index contributed by atoms with van der Waals surface area (Å²) >= 11 is 0. The summed E-state index contributed by atoms with van der Waals surface area (Å²) in [5.74, 6) is 0.632. The van der Waals surface area contributed by atoms with E-state index in [2.05, 4.69) is 0 Å². The molecule has 2 heterocycles. The third-order valence-electron chi connectivity index (χ3n) is 4.24. The maximum Gasteiger partial charge on any atom is 0.257 e. The number of hydrogen-bond donors (Lipinski definition) is 1. The minimum absolute atomic E-state index is 0.0640. The van der Waals surface area contributed by atoms with Gasteiger partial charge in [0.15, 0.2) is 0 Å². The van der Waals surface area contributed by atoms with E-state index in [1.54, 1.807) is 23.1 Å². The van der Waals surface area contributed by atoms with E-state index in [1.165, 1.54) is 7.11 Å². The standard InChI is InChI=1S/C15H19N3O3/c1-21-13-8-10(16)2-4-12(13)15(20)17-6-7-18-11(9-17)3-5-14(18)19/h2,4,8,11H,3,5-7,9,16H2,1H3. The average molecular weight is 289 g/mol. The third-order valence-corrected chi connectivity index (χ3v) is 4.24. The van der Waals surface area contributed by atoms with Crippen LogP contribution in [0.4, 0.5) is 5.69 Å². The zero-order chi connectivity index (χ0) is 15.0. The van der Waals surface area contributed by atoms with Crippen molar-refractivity contribution in [2.24, 2.45) is 0 Å². The van der Waals surface area contributed by atoms with E-state index < -0.39 is 0 Å². The zero-order valence-corrected chi connectivity index (χ0v) is 12.0. The van der Waals surface area contributed by atoms with Crippen molar-refractivity contribution >= 4 is 17.5 Å². The molecule has 0 aromatic heterocycles. The number of nitrogen functional groups attached to an aromatic ring is 1. The summed E-state index contributed by atoms with van der Waals surface area (Å²) in [6, 6.07) is 5.21. The van der Waals surface area contributed by atoms with E-state index in [-0.39, 0.29) is 17.9 Å². The first-order valence-corrected chi connectivity index (χ1v) is 7.12. The number of hydrogen-bond acceptors (Lipinski definition) is 4. The Morgan fingerprint density at radius 1 is 1.38 bits per heavy atom. The van der Waals surface area contributed by atoms with E-state index in [1.807, 2.05) is 4.90 Å². The molecule has 0 radical (unpaired) electrons. The molecule has 0 aliphatic carbocycles. The number of ether oxygens (including phenoxy) is 1. The molecule has 1 aromatic carbocycles. The Labute approximate surface area is 123 Å². The predicted octanol–water partition coefficient (Wildman–Crippen LogP) is 0.724. The van der Waals surface area contributed by atoms with Crippen LogP contribution in [0.15, 0.2) is 18.2 Å². The SMILES string of the molecule is COc1cc(N)ccc1C(=O)N1CCN2C(=O)CCC2C1. The maximum atomic E-state index is 12.7. The number of nitrogens with two attached hydrogens (primary N) is 1. The van der Waals surface area contributed by atoms with Crippen molar-refractivity contribution < 1.29 is 14.3 Å². The van der Waals surface area contributed by atoms with Gasteiger partial charge < -0.3 is 20.3 Å². The lowest BCUT2D eigenvalue weighted by Gasteiger charge is -2.37. The number of fused-ring (bicyclic) bond motifs is 1. The molecular weight excluding hydrogens is 270 g/mol. The number of piperazine rings is 1. The van der Waals surface area contributed by atoms with Crippen LogP contribution < -0.4 is 10.5 Å². The topological polar surface area (TPSA) is 75.9 Å². The fourth-order valence-electron chi connectivity index (χ4n) is 3.10. The lowest BCUT2D eigenvalue weighted by atomic mass is 10.1. The number of carbonyl (C=O) groups excluding carboxylic acids is 2. The molecule has 1 aromatic rings. The monoisotopic (exact) mass is 289 g/mol. The van der Waals surface area contributed by atoms with Gasteiger partial charge in [-0.25, -0.2) is 0 Å². The van der Waals surface area contributed by atoms with Gasteiger partial charge in [-0.3, -0.25) is 9.59 Å². The highest BCUT2D eigenvalue weighted by Crippen LogP contribution is 2.27. The molecule has 6 nitrogen and oxygen atoms in total. The van der Waals surface area contributed by atoms with Gasteiger partial charge in [0.05, 0.1) is 12.7 Å². The summed E-state index contributed by atoms with van der Waals surface area (Å²) in [5.41, 5.74) is 6.80. The quantitative estimate of drug-likeness (QED) is 0.814. The van der Waals surface area contributed by atoms with Gasteiger partial charge in [0.2, 0.25) is 5.91 Å². The molecule has 0 bridgehead atoms. The van der Waals surface area contributed by atoms with Crippen molar-refractivity contribution in [2.45, 2.75) is 18.9 Å².